The fraction of sp³-hybridized carbons (Fsp3) is 0.381. The van der Waals surface area contributed by atoms with E-state index in [9.17, 15) is 4.79 Å². The minimum Gasteiger partial charge on any atom is -0.490 e. The molecule has 1 N–H and O–H groups in total. The van der Waals surface area contributed by atoms with Gasteiger partial charge in [-0.1, -0.05) is 30.3 Å². The van der Waals surface area contributed by atoms with Crippen LogP contribution in [0, 0.1) is 0 Å². The SMILES string of the molecule is CCc1noc2ncc(C(=O)NCc3ccccc3OC3CCCC3)cc12. The zero-order chi connectivity index (χ0) is 18.6. The number of aromatic nitrogens is 2. The third kappa shape index (κ3) is 3.79. The van der Waals surface area contributed by atoms with Crippen LogP contribution in [0.5, 0.6) is 5.75 Å². The summed E-state index contributed by atoms with van der Waals surface area (Å²) in [4.78, 5) is 16.8. The van der Waals surface area contributed by atoms with E-state index in [1.807, 2.05) is 31.2 Å². The number of hydrogen-bond donors (Lipinski definition) is 1. The van der Waals surface area contributed by atoms with E-state index in [0.717, 1.165) is 41.7 Å². The minimum atomic E-state index is -0.177. The molecule has 0 spiro atoms. The summed E-state index contributed by atoms with van der Waals surface area (Å²) in [5.41, 5.74) is 2.74. The molecule has 0 saturated heterocycles. The summed E-state index contributed by atoms with van der Waals surface area (Å²) >= 11 is 0. The first-order valence-corrected chi connectivity index (χ1v) is 9.51. The van der Waals surface area contributed by atoms with Gasteiger partial charge in [0.05, 0.1) is 22.7 Å². The van der Waals surface area contributed by atoms with Crippen LogP contribution in [0.1, 0.15) is 54.2 Å². The molecule has 0 unspecified atom stereocenters. The standard InChI is InChI=1S/C21H23N3O3/c1-2-18-17-11-15(13-23-21(17)27-24-18)20(25)22-12-14-7-3-6-10-19(14)26-16-8-4-5-9-16/h3,6-7,10-11,13,16H,2,4-5,8-9,12H2,1H3,(H,22,25). The molecule has 0 bridgehead atoms. The van der Waals surface area contributed by atoms with Gasteiger partial charge in [-0.15, -0.1) is 0 Å². The van der Waals surface area contributed by atoms with E-state index in [4.69, 9.17) is 9.26 Å². The van der Waals surface area contributed by atoms with Crippen molar-refractivity contribution >= 4 is 17.0 Å². The molecular weight excluding hydrogens is 342 g/mol. The second-order valence-corrected chi connectivity index (χ2v) is 6.87. The predicted molar refractivity (Wildman–Crippen MR) is 102 cm³/mol. The van der Waals surface area contributed by atoms with Gasteiger partial charge in [-0.2, -0.15) is 0 Å². The maximum absolute atomic E-state index is 12.6. The van der Waals surface area contributed by atoms with E-state index >= 15 is 0 Å². The summed E-state index contributed by atoms with van der Waals surface area (Å²) in [6.07, 6.45) is 7.18. The molecule has 0 radical (unpaired) electrons. The maximum Gasteiger partial charge on any atom is 0.257 e. The zero-order valence-corrected chi connectivity index (χ0v) is 15.4. The molecular formula is C21H23N3O3. The minimum absolute atomic E-state index is 0.177. The molecule has 1 saturated carbocycles. The van der Waals surface area contributed by atoms with Gasteiger partial charge in [0, 0.05) is 18.3 Å². The summed E-state index contributed by atoms with van der Waals surface area (Å²) in [5, 5.41) is 7.73. The van der Waals surface area contributed by atoms with E-state index in [1.165, 1.54) is 19.0 Å². The van der Waals surface area contributed by atoms with Gasteiger partial charge in [0.2, 0.25) is 0 Å². The Morgan fingerprint density at radius 3 is 2.93 bits per heavy atom. The van der Waals surface area contributed by atoms with Crippen molar-refractivity contribution in [2.24, 2.45) is 0 Å². The molecule has 0 atom stereocenters. The molecule has 2 aromatic heterocycles. The number of pyridine rings is 1. The first-order chi connectivity index (χ1) is 13.2. The largest absolute Gasteiger partial charge is 0.490 e. The first-order valence-electron chi connectivity index (χ1n) is 9.51. The van der Waals surface area contributed by atoms with Crippen LogP contribution in [0.25, 0.3) is 11.1 Å². The number of nitrogens with one attached hydrogen (secondary N) is 1. The first kappa shape index (κ1) is 17.5. The number of carbonyl (C=O) groups excluding carboxylic acids is 1. The number of ether oxygens (including phenoxy) is 1. The molecule has 1 amide bonds. The predicted octanol–water partition coefficient (Wildman–Crippen LogP) is 4.04. The van der Waals surface area contributed by atoms with Crippen molar-refractivity contribution in [3.8, 4) is 5.75 Å². The van der Waals surface area contributed by atoms with Crippen LogP contribution in [0.3, 0.4) is 0 Å². The highest BCUT2D eigenvalue weighted by Crippen LogP contribution is 2.26. The van der Waals surface area contributed by atoms with Crippen LogP contribution in [-0.4, -0.2) is 22.2 Å². The quantitative estimate of drug-likeness (QED) is 0.713. The number of para-hydroxylation sites is 1. The lowest BCUT2D eigenvalue weighted by molar-refractivity contribution is 0.0950. The van der Waals surface area contributed by atoms with Gasteiger partial charge >= 0.3 is 0 Å². The van der Waals surface area contributed by atoms with E-state index < -0.39 is 0 Å². The van der Waals surface area contributed by atoms with Crippen molar-refractivity contribution in [2.45, 2.75) is 51.7 Å². The summed E-state index contributed by atoms with van der Waals surface area (Å²) < 4.78 is 11.3. The van der Waals surface area contributed by atoms with E-state index in [0.29, 0.717) is 17.8 Å². The fourth-order valence-corrected chi connectivity index (χ4v) is 3.49. The highest BCUT2D eigenvalue weighted by Gasteiger charge is 2.18. The molecule has 1 aliphatic rings. The average Bonchev–Trinajstić information content (AvgIpc) is 3.36. The van der Waals surface area contributed by atoms with Crippen LogP contribution in [0.2, 0.25) is 0 Å². The van der Waals surface area contributed by atoms with Gasteiger partial charge in [-0.3, -0.25) is 4.79 Å². The Morgan fingerprint density at radius 1 is 1.30 bits per heavy atom. The summed E-state index contributed by atoms with van der Waals surface area (Å²) in [7, 11) is 0. The summed E-state index contributed by atoms with van der Waals surface area (Å²) in [6.45, 7) is 2.40. The van der Waals surface area contributed by atoms with Gasteiger partial charge < -0.3 is 14.6 Å². The van der Waals surface area contributed by atoms with Crippen LogP contribution in [-0.2, 0) is 13.0 Å². The second-order valence-electron chi connectivity index (χ2n) is 6.87. The Labute approximate surface area is 157 Å². The highest BCUT2D eigenvalue weighted by molar-refractivity contribution is 5.97. The van der Waals surface area contributed by atoms with Gasteiger partial charge in [-0.25, -0.2) is 4.98 Å². The molecule has 4 rings (SSSR count). The Hall–Kier alpha value is -2.89. The molecule has 1 fully saturated rings. The fourth-order valence-electron chi connectivity index (χ4n) is 3.49. The van der Waals surface area contributed by atoms with E-state index in [1.54, 1.807) is 6.07 Å². The maximum atomic E-state index is 12.6. The molecule has 27 heavy (non-hydrogen) atoms. The lowest BCUT2D eigenvalue weighted by Crippen LogP contribution is -2.23. The highest BCUT2D eigenvalue weighted by atomic mass is 16.5. The molecule has 0 aliphatic heterocycles. The smallest absolute Gasteiger partial charge is 0.257 e. The lowest BCUT2D eigenvalue weighted by Gasteiger charge is -2.16. The number of hydrogen-bond acceptors (Lipinski definition) is 5. The molecule has 1 aromatic carbocycles. The molecule has 1 aliphatic carbocycles. The number of rotatable bonds is 6. The number of nitrogens with zero attached hydrogens (tertiary/aromatic N) is 2. The van der Waals surface area contributed by atoms with E-state index in [-0.39, 0.29) is 12.0 Å². The normalized spacial score (nSPS) is 14.6. The Morgan fingerprint density at radius 2 is 2.11 bits per heavy atom. The van der Waals surface area contributed by atoms with Crippen molar-refractivity contribution in [3.05, 3.63) is 53.3 Å². The zero-order valence-electron chi connectivity index (χ0n) is 15.4. The number of carbonyl (C=O) groups is 1. The Balaban J connectivity index is 1.46. The van der Waals surface area contributed by atoms with Crippen LogP contribution >= 0.6 is 0 Å². The van der Waals surface area contributed by atoms with Crippen molar-refractivity contribution in [3.63, 3.8) is 0 Å². The van der Waals surface area contributed by atoms with Crippen molar-refractivity contribution in [1.29, 1.82) is 0 Å². The molecule has 140 valence electrons. The molecule has 6 nitrogen and oxygen atoms in total. The Kier molecular flexibility index (Phi) is 5.05. The monoisotopic (exact) mass is 365 g/mol. The third-order valence-corrected chi connectivity index (χ3v) is 5.01. The van der Waals surface area contributed by atoms with Crippen LogP contribution < -0.4 is 10.1 Å². The van der Waals surface area contributed by atoms with Crippen molar-refractivity contribution in [2.75, 3.05) is 0 Å². The van der Waals surface area contributed by atoms with Gasteiger partial charge in [-0.05, 0) is 44.2 Å². The van der Waals surface area contributed by atoms with Gasteiger partial charge in [0.25, 0.3) is 11.6 Å². The summed E-state index contributed by atoms with van der Waals surface area (Å²) in [6, 6.07) is 9.67. The average molecular weight is 365 g/mol. The van der Waals surface area contributed by atoms with Crippen LogP contribution in [0.15, 0.2) is 41.1 Å². The van der Waals surface area contributed by atoms with Gasteiger partial charge in [0.1, 0.15) is 5.75 Å². The second kappa shape index (κ2) is 7.78. The van der Waals surface area contributed by atoms with Crippen LogP contribution in [0.4, 0.5) is 0 Å². The Bertz CT molecular complexity index is 945. The number of benzene rings is 1. The lowest BCUT2D eigenvalue weighted by atomic mass is 10.1. The molecule has 3 aromatic rings. The van der Waals surface area contributed by atoms with Crippen molar-refractivity contribution < 1.29 is 14.1 Å². The van der Waals surface area contributed by atoms with E-state index in [2.05, 4.69) is 15.5 Å². The number of amides is 1. The third-order valence-electron chi connectivity index (χ3n) is 5.01. The summed E-state index contributed by atoms with van der Waals surface area (Å²) in [5.74, 6) is 0.675. The molecule has 6 heteroatoms. The topological polar surface area (TPSA) is 77.2 Å². The molecule has 2 heterocycles. The van der Waals surface area contributed by atoms with Crippen molar-refractivity contribution in [1.82, 2.24) is 15.5 Å². The number of aryl methyl sites for hydroxylation is 1. The number of fused-ring (bicyclic) bond motifs is 1. The van der Waals surface area contributed by atoms with Gasteiger partial charge in [0.15, 0.2) is 0 Å².